The molecule has 0 saturated heterocycles. The minimum absolute atomic E-state index is 0.755. The van der Waals surface area contributed by atoms with E-state index in [9.17, 15) is 0 Å². The van der Waals surface area contributed by atoms with Crippen molar-refractivity contribution in [2.45, 2.75) is 50.6 Å². The van der Waals surface area contributed by atoms with Gasteiger partial charge in [-0.05, 0) is 19.3 Å². The molecule has 0 N–H and O–H groups in total. The van der Waals surface area contributed by atoms with Gasteiger partial charge in [0.2, 0.25) is 0 Å². The Morgan fingerprint density at radius 3 is 2.54 bits per heavy atom. The van der Waals surface area contributed by atoms with Gasteiger partial charge in [0.15, 0.2) is 0 Å². The van der Waals surface area contributed by atoms with Crippen LogP contribution >= 0.6 is 11.2 Å². The molecular weight excluding hydrogens is 194 g/mol. The van der Waals surface area contributed by atoms with E-state index in [0.717, 1.165) is 5.25 Å². The predicted molar refractivity (Wildman–Crippen MR) is 66.6 cm³/mol. The monoisotopic (exact) mass is 215 g/mol. The normalized spacial score (nSPS) is 28.0. The van der Waals surface area contributed by atoms with E-state index in [-0.39, 0.29) is 0 Å². The summed E-state index contributed by atoms with van der Waals surface area (Å²) < 4.78 is 0. The van der Waals surface area contributed by atoms with Gasteiger partial charge in [-0.15, -0.1) is 0 Å². The second-order valence-corrected chi connectivity index (χ2v) is 14.1. The lowest BCUT2D eigenvalue weighted by atomic mass is 9.98. The number of aliphatic imine (C=N–C) groups is 1. The van der Waals surface area contributed by atoms with E-state index in [4.69, 9.17) is 0 Å². The zero-order valence-electron chi connectivity index (χ0n) is 9.26. The van der Waals surface area contributed by atoms with Crippen molar-refractivity contribution >= 4 is 24.1 Å². The molecule has 1 rings (SSSR count). The summed E-state index contributed by atoms with van der Waals surface area (Å²) in [5.74, 6) is 0. The Kier molecular flexibility index (Phi) is 4.04. The van der Waals surface area contributed by atoms with E-state index < -0.39 is 7.22 Å². The average molecular weight is 215 g/mol. The first-order valence-electron chi connectivity index (χ1n) is 5.16. The summed E-state index contributed by atoms with van der Waals surface area (Å²) >= 11 is 2.22. The molecule has 0 heterocycles. The largest absolute Gasteiger partial charge is 0.296 e. The van der Waals surface area contributed by atoms with Crippen LogP contribution in [-0.4, -0.2) is 25.2 Å². The van der Waals surface area contributed by atoms with Gasteiger partial charge in [-0.25, -0.2) is 0 Å². The van der Waals surface area contributed by atoms with Gasteiger partial charge in [0.25, 0.3) is 0 Å². The summed E-state index contributed by atoms with van der Waals surface area (Å²) in [6.07, 6.45) is 5.37. The molecule has 0 aliphatic heterocycles. The molecule has 3 heteroatoms. The Labute approximate surface area is 87.1 Å². The van der Waals surface area contributed by atoms with Crippen LogP contribution in [0.15, 0.2) is 4.99 Å². The van der Waals surface area contributed by atoms with Crippen LogP contribution in [0.5, 0.6) is 0 Å². The van der Waals surface area contributed by atoms with Crippen molar-refractivity contribution in [1.29, 1.82) is 0 Å². The minimum atomic E-state index is -0.967. The lowest BCUT2D eigenvalue weighted by Gasteiger charge is -2.28. The third-order valence-corrected chi connectivity index (χ3v) is 6.78. The van der Waals surface area contributed by atoms with Crippen molar-refractivity contribution in [3.63, 3.8) is 0 Å². The van der Waals surface area contributed by atoms with Gasteiger partial charge in [-0.1, -0.05) is 26.1 Å². The van der Waals surface area contributed by atoms with Gasteiger partial charge >= 0.3 is 0 Å². The van der Waals surface area contributed by atoms with Crippen molar-refractivity contribution < 1.29 is 0 Å². The van der Waals surface area contributed by atoms with Crippen molar-refractivity contribution in [3.8, 4) is 0 Å². The number of hydrogen-bond acceptors (Lipinski definition) is 2. The highest BCUT2D eigenvalue weighted by Gasteiger charge is 2.26. The summed E-state index contributed by atoms with van der Waals surface area (Å²) in [6.45, 7) is 7.29. The number of rotatable bonds is 2. The van der Waals surface area contributed by atoms with Gasteiger partial charge in [0.1, 0.15) is 7.22 Å². The minimum Gasteiger partial charge on any atom is -0.296 e. The Balaban J connectivity index is 2.56. The van der Waals surface area contributed by atoms with Crippen LogP contribution < -0.4 is 0 Å². The van der Waals surface area contributed by atoms with Crippen LogP contribution in [0.4, 0.5) is 0 Å². The lowest BCUT2D eigenvalue weighted by Crippen LogP contribution is -2.29. The zero-order chi connectivity index (χ0) is 9.90. The van der Waals surface area contributed by atoms with E-state index in [0.29, 0.717) is 0 Å². The van der Waals surface area contributed by atoms with Gasteiger partial charge in [0.05, 0.1) is 0 Å². The number of hydrogen-bond donors (Lipinski definition) is 0. The number of nitrogens with zero attached hydrogens (tertiary/aromatic N) is 1. The molecule has 0 aromatic carbocycles. The van der Waals surface area contributed by atoms with Crippen LogP contribution in [0.3, 0.4) is 0 Å². The van der Waals surface area contributed by atoms with Crippen molar-refractivity contribution in [2.75, 3.05) is 7.05 Å². The van der Waals surface area contributed by atoms with E-state index in [2.05, 4.69) is 35.8 Å². The molecule has 1 atom stereocenters. The first-order chi connectivity index (χ1) is 6.03. The highest BCUT2D eigenvalue weighted by atomic mass is 32.4. The Morgan fingerprint density at radius 1 is 1.31 bits per heavy atom. The topological polar surface area (TPSA) is 12.4 Å². The first-order valence-corrected chi connectivity index (χ1v) is 10.3. The fraction of sp³-hybridized carbons (Fsp3) is 0.900. The molecule has 0 amide bonds. The zero-order valence-corrected chi connectivity index (χ0v) is 11.1. The summed E-state index contributed by atoms with van der Waals surface area (Å²) in [5, 5.41) is 0.755. The molecule has 0 radical (unpaired) electrons. The molecule has 0 spiro atoms. The van der Waals surface area contributed by atoms with Crippen molar-refractivity contribution in [2.24, 2.45) is 4.99 Å². The molecule has 1 fully saturated rings. The van der Waals surface area contributed by atoms with E-state index in [1.165, 1.54) is 31.4 Å². The highest BCUT2D eigenvalue weighted by Crippen LogP contribution is 2.32. The van der Waals surface area contributed by atoms with Gasteiger partial charge < -0.3 is 0 Å². The van der Waals surface area contributed by atoms with Crippen LogP contribution in [0.1, 0.15) is 25.7 Å². The van der Waals surface area contributed by atoms with Crippen molar-refractivity contribution in [3.05, 3.63) is 0 Å². The maximum absolute atomic E-state index is 4.43. The second kappa shape index (κ2) is 4.65. The quantitative estimate of drug-likeness (QED) is 0.642. The Morgan fingerprint density at radius 2 is 2.00 bits per heavy atom. The summed E-state index contributed by atoms with van der Waals surface area (Å²) in [7, 11) is 0.990. The molecule has 1 aliphatic rings. The lowest BCUT2D eigenvalue weighted by molar-refractivity contribution is 0.675. The van der Waals surface area contributed by atoms with Crippen LogP contribution in [0, 0.1) is 0 Å². The molecule has 1 unspecified atom stereocenters. The van der Waals surface area contributed by atoms with Crippen LogP contribution in [0.2, 0.25) is 19.6 Å². The third-order valence-electron chi connectivity index (χ3n) is 2.30. The smallest absolute Gasteiger partial charge is 0.109 e. The van der Waals surface area contributed by atoms with Gasteiger partial charge in [-0.3, -0.25) is 4.99 Å². The molecular formula is C10H21NSSi. The molecule has 76 valence electrons. The van der Waals surface area contributed by atoms with Crippen LogP contribution in [-0.2, 0) is 0 Å². The van der Waals surface area contributed by atoms with E-state index >= 15 is 0 Å². The maximum Gasteiger partial charge on any atom is 0.109 e. The summed E-state index contributed by atoms with van der Waals surface area (Å²) in [4.78, 5) is 4.43. The van der Waals surface area contributed by atoms with E-state index in [1.54, 1.807) is 0 Å². The third kappa shape index (κ3) is 3.86. The first kappa shape index (κ1) is 11.3. The molecule has 0 bridgehead atoms. The highest BCUT2D eigenvalue weighted by molar-refractivity contribution is 8.29. The molecule has 1 aliphatic carbocycles. The maximum atomic E-state index is 4.43. The fourth-order valence-electron chi connectivity index (χ4n) is 1.77. The van der Waals surface area contributed by atoms with E-state index in [1.807, 2.05) is 7.05 Å². The standard InChI is InChI=1S/C10H21NSSi/c1-11-9-7-5-6-8-10(9)12-13(2,3)4/h10H,5-8H2,1-4H3. The average Bonchev–Trinajstić information content (AvgIpc) is 2.02. The van der Waals surface area contributed by atoms with Gasteiger partial charge in [0, 0.05) is 18.0 Å². The summed E-state index contributed by atoms with van der Waals surface area (Å²) in [5.41, 5.74) is 1.47. The van der Waals surface area contributed by atoms with Gasteiger partial charge in [-0.2, -0.15) is 11.2 Å². The SMILES string of the molecule is CN=C1CCCCC1S[Si](C)(C)C. The van der Waals surface area contributed by atoms with Crippen LogP contribution in [0.25, 0.3) is 0 Å². The summed E-state index contributed by atoms with van der Waals surface area (Å²) in [6, 6.07) is 0. The fourth-order valence-corrected chi connectivity index (χ4v) is 6.59. The second-order valence-electron chi connectivity index (χ2n) is 4.68. The Bertz CT molecular complexity index is 196. The molecule has 0 aromatic heterocycles. The molecule has 13 heavy (non-hydrogen) atoms. The molecule has 0 aromatic rings. The Hall–Kier alpha value is 0.237. The molecule has 1 saturated carbocycles. The predicted octanol–water partition coefficient (Wildman–Crippen LogP) is 3.57. The molecule has 1 nitrogen and oxygen atoms in total. The van der Waals surface area contributed by atoms with Crippen molar-refractivity contribution in [1.82, 2.24) is 0 Å².